The molecule has 1 saturated heterocycles. The number of piperidine rings is 1. The summed E-state index contributed by atoms with van der Waals surface area (Å²) in [4.78, 5) is 11.4. The first kappa shape index (κ1) is 9.00. The van der Waals surface area contributed by atoms with Gasteiger partial charge in [0, 0.05) is 0 Å². The van der Waals surface area contributed by atoms with Gasteiger partial charge < -0.3 is 10.1 Å². The van der Waals surface area contributed by atoms with Gasteiger partial charge in [-0.3, -0.25) is 4.79 Å². The molecule has 0 aromatic rings. The highest BCUT2D eigenvalue weighted by molar-refractivity contribution is 5.75. The van der Waals surface area contributed by atoms with E-state index in [1.165, 1.54) is 19.3 Å². The van der Waals surface area contributed by atoms with Crippen LogP contribution in [0.15, 0.2) is 0 Å². The monoisotopic (exact) mass is 183 g/mol. The van der Waals surface area contributed by atoms with Crippen molar-refractivity contribution in [2.75, 3.05) is 13.2 Å². The van der Waals surface area contributed by atoms with Gasteiger partial charge in [0.25, 0.3) is 0 Å². The minimum absolute atomic E-state index is 0.0208. The second-order valence-corrected chi connectivity index (χ2v) is 4.08. The van der Waals surface area contributed by atoms with Crippen molar-refractivity contribution in [3.05, 3.63) is 0 Å². The predicted molar refractivity (Wildman–Crippen MR) is 49.3 cm³/mol. The normalized spacial score (nSPS) is 28.5. The van der Waals surface area contributed by atoms with Gasteiger partial charge in [-0.05, 0) is 38.1 Å². The van der Waals surface area contributed by atoms with Crippen molar-refractivity contribution in [1.29, 1.82) is 0 Å². The molecule has 1 aliphatic heterocycles. The zero-order valence-corrected chi connectivity index (χ0v) is 7.92. The van der Waals surface area contributed by atoms with Gasteiger partial charge in [0.15, 0.2) is 0 Å². The lowest BCUT2D eigenvalue weighted by molar-refractivity contribution is -0.147. The highest BCUT2D eigenvalue weighted by atomic mass is 16.5. The van der Waals surface area contributed by atoms with Gasteiger partial charge in [0.1, 0.15) is 6.04 Å². The molecule has 1 atom stereocenters. The molecular formula is C10H17NO2. The number of carbonyl (C=O) groups excluding carboxylic acids is 1. The largest absolute Gasteiger partial charge is 0.464 e. The van der Waals surface area contributed by atoms with Crippen LogP contribution in [0.2, 0.25) is 0 Å². The fourth-order valence-corrected chi connectivity index (χ4v) is 1.64. The molecule has 3 nitrogen and oxygen atoms in total. The van der Waals surface area contributed by atoms with Gasteiger partial charge in [-0.25, -0.2) is 0 Å². The van der Waals surface area contributed by atoms with E-state index in [2.05, 4.69) is 5.32 Å². The van der Waals surface area contributed by atoms with Crippen LogP contribution in [0.5, 0.6) is 0 Å². The van der Waals surface area contributed by atoms with Crippen molar-refractivity contribution in [3.8, 4) is 0 Å². The van der Waals surface area contributed by atoms with Gasteiger partial charge in [0.2, 0.25) is 0 Å². The van der Waals surface area contributed by atoms with Crippen LogP contribution < -0.4 is 5.32 Å². The summed E-state index contributed by atoms with van der Waals surface area (Å²) >= 11 is 0. The molecule has 0 bridgehead atoms. The average Bonchev–Trinajstić information content (AvgIpc) is 2.99. The van der Waals surface area contributed by atoms with Crippen LogP contribution in [-0.4, -0.2) is 25.2 Å². The molecule has 2 fully saturated rings. The van der Waals surface area contributed by atoms with E-state index in [9.17, 15) is 4.79 Å². The summed E-state index contributed by atoms with van der Waals surface area (Å²) in [6.45, 7) is 1.61. The minimum Gasteiger partial charge on any atom is -0.464 e. The third kappa shape index (κ3) is 2.69. The maximum absolute atomic E-state index is 11.4. The first-order chi connectivity index (χ1) is 6.36. The van der Waals surface area contributed by atoms with Crippen LogP contribution in [0.4, 0.5) is 0 Å². The Balaban J connectivity index is 1.67. The maximum atomic E-state index is 11.4. The van der Waals surface area contributed by atoms with Crippen LogP contribution in [0.1, 0.15) is 32.1 Å². The van der Waals surface area contributed by atoms with Gasteiger partial charge >= 0.3 is 5.97 Å². The van der Waals surface area contributed by atoms with Crippen LogP contribution in [-0.2, 0) is 9.53 Å². The van der Waals surface area contributed by atoms with Crippen molar-refractivity contribution in [2.45, 2.75) is 38.1 Å². The van der Waals surface area contributed by atoms with E-state index >= 15 is 0 Å². The zero-order chi connectivity index (χ0) is 9.10. The van der Waals surface area contributed by atoms with Crippen LogP contribution in [0.25, 0.3) is 0 Å². The lowest BCUT2D eigenvalue weighted by Crippen LogP contribution is -2.41. The van der Waals surface area contributed by atoms with Crippen molar-refractivity contribution in [1.82, 2.24) is 5.32 Å². The summed E-state index contributed by atoms with van der Waals surface area (Å²) in [5.74, 6) is 0.638. The third-order valence-electron chi connectivity index (χ3n) is 2.75. The molecule has 1 aliphatic carbocycles. The minimum atomic E-state index is -0.0356. The van der Waals surface area contributed by atoms with E-state index < -0.39 is 0 Å². The van der Waals surface area contributed by atoms with Crippen molar-refractivity contribution in [2.24, 2.45) is 5.92 Å². The molecule has 2 rings (SSSR count). The van der Waals surface area contributed by atoms with E-state index in [1.54, 1.807) is 0 Å². The Morgan fingerprint density at radius 1 is 1.31 bits per heavy atom. The van der Waals surface area contributed by atoms with Crippen molar-refractivity contribution < 1.29 is 9.53 Å². The Morgan fingerprint density at radius 3 is 2.77 bits per heavy atom. The Hall–Kier alpha value is -0.570. The molecule has 13 heavy (non-hydrogen) atoms. The van der Waals surface area contributed by atoms with Gasteiger partial charge in [-0.2, -0.15) is 0 Å². The fourth-order valence-electron chi connectivity index (χ4n) is 1.64. The topological polar surface area (TPSA) is 38.3 Å². The SMILES string of the molecule is O=C(OCC1CC1)C1CCCCN1. The summed E-state index contributed by atoms with van der Waals surface area (Å²) in [5, 5.41) is 3.19. The summed E-state index contributed by atoms with van der Waals surface area (Å²) in [7, 11) is 0. The second-order valence-electron chi connectivity index (χ2n) is 4.08. The molecule has 0 aromatic carbocycles. The first-order valence-corrected chi connectivity index (χ1v) is 5.26. The van der Waals surface area contributed by atoms with Crippen molar-refractivity contribution >= 4 is 5.97 Å². The molecule has 1 heterocycles. The number of hydrogen-bond donors (Lipinski definition) is 1. The number of rotatable bonds is 3. The molecule has 1 N–H and O–H groups in total. The molecule has 2 aliphatic rings. The van der Waals surface area contributed by atoms with E-state index in [1.807, 2.05) is 0 Å². The molecule has 0 amide bonds. The molecule has 0 spiro atoms. The van der Waals surface area contributed by atoms with Gasteiger partial charge in [-0.15, -0.1) is 0 Å². The molecule has 0 aromatic heterocycles. The number of nitrogens with one attached hydrogen (secondary N) is 1. The second kappa shape index (κ2) is 4.09. The quantitative estimate of drug-likeness (QED) is 0.665. The Bertz CT molecular complexity index is 183. The molecule has 1 unspecified atom stereocenters. The van der Waals surface area contributed by atoms with Crippen LogP contribution in [0, 0.1) is 5.92 Å². The van der Waals surface area contributed by atoms with Gasteiger partial charge in [-0.1, -0.05) is 6.42 Å². The highest BCUT2D eigenvalue weighted by Gasteiger charge is 2.26. The third-order valence-corrected chi connectivity index (χ3v) is 2.75. The number of esters is 1. The standard InChI is InChI=1S/C10H17NO2/c12-10(13-7-8-4-5-8)9-3-1-2-6-11-9/h8-9,11H,1-7H2. The summed E-state index contributed by atoms with van der Waals surface area (Å²) in [6.07, 6.45) is 5.77. The van der Waals surface area contributed by atoms with Crippen molar-refractivity contribution in [3.63, 3.8) is 0 Å². The van der Waals surface area contributed by atoms with E-state index in [-0.39, 0.29) is 12.0 Å². The zero-order valence-electron chi connectivity index (χ0n) is 7.92. The fraction of sp³-hybridized carbons (Fsp3) is 0.900. The first-order valence-electron chi connectivity index (χ1n) is 5.26. The lowest BCUT2D eigenvalue weighted by atomic mass is 10.1. The molecule has 74 valence electrons. The summed E-state index contributed by atoms with van der Waals surface area (Å²) < 4.78 is 5.20. The van der Waals surface area contributed by atoms with Crippen LogP contribution in [0.3, 0.4) is 0 Å². The number of carbonyl (C=O) groups is 1. The number of hydrogen-bond acceptors (Lipinski definition) is 3. The summed E-state index contributed by atoms with van der Waals surface area (Å²) in [5.41, 5.74) is 0. The Labute approximate surface area is 78.8 Å². The lowest BCUT2D eigenvalue weighted by Gasteiger charge is -2.21. The number of ether oxygens (including phenoxy) is 1. The molecule has 3 heteroatoms. The summed E-state index contributed by atoms with van der Waals surface area (Å²) in [6, 6.07) is -0.0208. The van der Waals surface area contributed by atoms with E-state index in [4.69, 9.17) is 4.74 Å². The van der Waals surface area contributed by atoms with Gasteiger partial charge in [0.05, 0.1) is 6.61 Å². The smallest absolute Gasteiger partial charge is 0.323 e. The highest BCUT2D eigenvalue weighted by Crippen LogP contribution is 2.29. The maximum Gasteiger partial charge on any atom is 0.323 e. The van der Waals surface area contributed by atoms with E-state index in [0.717, 1.165) is 19.4 Å². The average molecular weight is 183 g/mol. The molecular weight excluding hydrogens is 166 g/mol. The predicted octanol–water partition coefficient (Wildman–Crippen LogP) is 1.08. The van der Waals surface area contributed by atoms with E-state index in [0.29, 0.717) is 12.5 Å². The Morgan fingerprint density at radius 2 is 2.15 bits per heavy atom. The molecule has 1 saturated carbocycles. The Kier molecular flexibility index (Phi) is 2.83. The molecule has 0 radical (unpaired) electrons. The van der Waals surface area contributed by atoms with Crippen LogP contribution >= 0.6 is 0 Å².